The van der Waals surface area contributed by atoms with Gasteiger partial charge in [-0.15, -0.1) is 0 Å². The minimum Gasteiger partial charge on any atom is -0.510 e. The van der Waals surface area contributed by atoms with Crippen LogP contribution in [0.4, 0.5) is 0 Å². The maximum Gasteiger partial charge on any atom is 0.164 e. The van der Waals surface area contributed by atoms with E-state index in [1.54, 1.807) is 12.1 Å². The van der Waals surface area contributed by atoms with E-state index in [0.29, 0.717) is 19.8 Å². The van der Waals surface area contributed by atoms with Gasteiger partial charge in [0.25, 0.3) is 0 Å². The van der Waals surface area contributed by atoms with Crippen LogP contribution in [0.5, 0.6) is 0 Å². The van der Waals surface area contributed by atoms with Gasteiger partial charge < -0.3 is 15.7 Å². The van der Waals surface area contributed by atoms with Crippen molar-refractivity contribution in [2.24, 2.45) is 22.1 Å². The lowest BCUT2D eigenvalue weighted by molar-refractivity contribution is 0.124. The van der Waals surface area contributed by atoms with E-state index in [1.165, 1.54) is 22.9 Å². The monoisotopic (exact) mass is 500 g/mol. The second-order valence-corrected chi connectivity index (χ2v) is 10.9. The Balaban J connectivity index is 1.32. The summed E-state index contributed by atoms with van der Waals surface area (Å²) in [6.45, 7) is 3.56. The van der Waals surface area contributed by atoms with E-state index >= 15 is 0 Å². The molecule has 0 aromatic heterocycles. The lowest BCUT2D eigenvalue weighted by atomic mass is 9.73. The molecule has 2 aromatic carbocycles. The molecule has 2 aromatic rings. The van der Waals surface area contributed by atoms with E-state index in [0.717, 1.165) is 38.2 Å². The molecule has 1 unspecified atom stereocenters. The summed E-state index contributed by atoms with van der Waals surface area (Å²) in [6, 6.07) is 13.9. The number of fused-ring (bicyclic) bond motifs is 1. The predicted molar refractivity (Wildman–Crippen MR) is 137 cm³/mol. The molecule has 1 aliphatic carbocycles. The van der Waals surface area contributed by atoms with E-state index in [-0.39, 0.29) is 29.0 Å². The SMILES string of the molecule is C[C@H]1C(N2CCC3(CC2)Cc2ccccc2C3N)=NC(=N)C(Sc2cccc(Cl)c2Cl)=C1O. The molecule has 3 aliphatic rings. The number of hydrogen-bond acceptors (Lipinski definition) is 5. The van der Waals surface area contributed by atoms with Gasteiger partial charge in [-0.25, -0.2) is 4.99 Å². The molecule has 2 heterocycles. The Morgan fingerprint density at radius 1 is 1.15 bits per heavy atom. The average molecular weight is 501 g/mol. The van der Waals surface area contributed by atoms with Gasteiger partial charge in [0.05, 0.1) is 20.9 Å². The first kappa shape index (κ1) is 22.8. The number of thioether (sulfide) groups is 1. The molecular formula is C25H26Cl2N4OS. The maximum atomic E-state index is 11.0. The van der Waals surface area contributed by atoms with E-state index in [2.05, 4.69) is 34.2 Å². The van der Waals surface area contributed by atoms with Crippen molar-refractivity contribution in [3.63, 3.8) is 0 Å². The highest BCUT2D eigenvalue weighted by molar-refractivity contribution is 8.04. The Morgan fingerprint density at radius 2 is 1.88 bits per heavy atom. The number of nitrogens with one attached hydrogen (secondary N) is 1. The molecule has 5 rings (SSSR count). The Bertz CT molecular complexity index is 1190. The van der Waals surface area contributed by atoms with Crippen LogP contribution in [0, 0.1) is 16.7 Å². The third-order valence-corrected chi connectivity index (χ3v) is 9.37. The van der Waals surface area contributed by atoms with E-state index in [4.69, 9.17) is 34.3 Å². The zero-order valence-electron chi connectivity index (χ0n) is 18.3. The first-order valence-electron chi connectivity index (χ1n) is 11.1. The van der Waals surface area contributed by atoms with Crippen LogP contribution in [0.3, 0.4) is 0 Å². The minimum atomic E-state index is -0.303. The fourth-order valence-electron chi connectivity index (χ4n) is 5.31. The molecule has 2 aliphatic heterocycles. The van der Waals surface area contributed by atoms with E-state index in [9.17, 15) is 5.11 Å². The average Bonchev–Trinajstić information content (AvgIpc) is 3.08. The number of aliphatic imine (C=N–C) groups is 1. The molecule has 1 saturated heterocycles. The highest BCUT2D eigenvalue weighted by Crippen LogP contribution is 2.51. The second kappa shape index (κ2) is 8.66. The molecule has 1 fully saturated rings. The third-order valence-electron chi connectivity index (χ3n) is 7.28. The van der Waals surface area contributed by atoms with Crippen molar-refractivity contribution >= 4 is 46.6 Å². The Hall–Kier alpha value is -1.99. The van der Waals surface area contributed by atoms with Gasteiger partial charge in [-0.1, -0.05) is 65.3 Å². The van der Waals surface area contributed by atoms with Crippen LogP contribution in [-0.4, -0.2) is 34.8 Å². The van der Waals surface area contributed by atoms with Gasteiger partial charge in [0, 0.05) is 24.0 Å². The topological polar surface area (TPSA) is 85.7 Å². The molecule has 0 bridgehead atoms. The van der Waals surface area contributed by atoms with Crippen molar-refractivity contribution in [2.45, 2.75) is 37.1 Å². The fraction of sp³-hybridized carbons (Fsp3) is 0.360. The molecule has 5 nitrogen and oxygen atoms in total. The molecule has 172 valence electrons. The summed E-state index contributed by atoms with van der Waals surface area (Å²) in [4.78, 5) is 7.94. The van der Waals surface area contributed by atoms with Crippen molar-refractivity contribution in [1.29, 1.82) is 5.41 Å². The minimum absolute atomic E-state index is 0.0481. The molecule has 1 spiro atoms. The van der Waals surface area contributed by atoms with Crippen LogP contribution in [0.15, 0.2) is 63.0 Å². The summed E-state index contributed by atoms with van der Waals surface area (Å²) < 4.78 is 0. The van der Waals surface area contributed by atoms with Gasteiger partial charge in [-0.2, -0.15) is 0 Å². The largest absolute Gasteiger partial charge is 0.510 e. The lowest BCUT2D eigenvalue weighted by Crippen LogP contribution is -2.49. The Morgan fingerprint density at radius 3 is 2.61 bits per heavy atom. The van der Waals surface area contributed by atoms with Crippen LogP contribution < -0.4 is 5.73 Å². The number of halogens is 2. The number of rotatable bonds is 2. The second-order valence-electron chi connectivity index (χ2n) is 9.11. The zero-order chi connectivity index (χ0) is 23.3. The van der Waals surface area contributed by atoms with Gasteiger partial charge >= 0.3 is 0 Å². The molecule has 0 saturated carbocycles. The van der Waals surface area contributed by atoms with Crippen LogP contribution in [0.2, 0.25) is 10.0 Å². The lowest BCUT2D eigenvalue weighted by Gasteiger charge is -2.44. The molecule has 4 N–H and O–H groups in total. The number of piperidine rings is 1. The number of hydrogen-bond donors (Lipinski definition) is 3. The smallest absolute Gasteiger partial charge is 0.164 e. The van der Waals surface area contributed by atoms with Gasteiger partial charge in [-0.05, 0) is 54.9 Å². The van der Waals surface area contributed by atoms with Crippen LogP contribution in [-0.2, 0) is 6.42 Å². The first-order valence-corrected chi connectivity index (χ1v) is 12.7. The van der Waals surface area contributed by atoms with Crippen molar-refractivity contribution in [3.8, 4) is 0 Å². The molecule has 0 amide bonds. The number of aliphatic hydroxyl groups is 1. The van der Waals surface area contributed by atoms with Gasteiger partial charge in [0.2, 0.25) is 0 Å². The van der Waals surface area contributed by atoms with Crippen LogP contribution in [0.1, 0.15) is 36.9 Å². The van der Waals surface area contributed by atoms with Crippen molar-refractivity contribution in [1.82, 2.24) is 4.90 Å². The number of nitrogens with zero attached hydrogens (tertiary/aromatic N) is 2. The van der Waals surface area contributed by atoms with Crippen LogP contribution >= 0.6 is 35.0 Å². The molecular weight excluding hydrogens is 475 g/mol. The maximum absolute atomic E-state index is 11.0. The number of dihydropyridines is 1. The van der Waals surface area contributed by atoms with Gasteiger partial charge in [0.1, 0.15) is 11.6 Å². The highest BCUT2D eigenvalue weighted by atomic mass is 35.5. The fourth-order valence-corrected chi connectivity index (χ4v) is 6.77. The quantitative estimate of drug-likeness (QED) is 0.456. The number of amidine groups is 2. The summed E-state index contributed by atoms with van der Waals surface area (Å²) in [5.74, 6) is 0.643. The van der Waals surface area contributed by atoms with E-state index in [1.807, 2.05) is 13.0 Å². The highest BCUT2D eigenvalue weighted by Gasteiger charge is 2.46. The number of aliphatic hydroxyl groups excluding tert-OH is 1. The van der Waals surface area contributed by atoms with Gasteiger partial charge in [0.15, 0.2) is 5.84 Å². The summed E-state index contributed by atoms with van der Waals surface area (Å²) in [5, 5.41) is 20.4. The van der Waals surface area contributed by atoms with Gasteiger partial charge in [-0.3, -0.25) is 5.41 Å². The molecule has 0 radical (unpaired) electrons. The standard InChI is InChI=1S/C25H26Cl2N4OS/c1-14-20(32)21(33-18-8-4-7-17(26)19(18)27)23(29)30-24(14)31-11-9-25(10-12-31)13-15-5-2-3-6-16(15)22(25)28/h2-8,14,22,29,32H,9-13,28H2,1H3/t14-,22?/m1/s1. The van der Waals surface area contributed by atoms with Crippen molar-refractivity contribution in [3.05, 3.63) is 74.3 Å². The first-order chi connectivity index (χ1) is 15.8. The van der Waals surface area contributed by atoms with Crippen molar-refractivity contribution < 1.29 is 5.11 Å². The number of likely N-dealkylation sites (tertiary alicyclic amines) is 1. The Labute approximate surface area is 208 Å². The number of benzene rings is 2. The predicted octanol–water partition coefficient (Wildman–Crippen LogP) is 6.22. The van der Waals surface area contributed by atoms with Crippen LogP contribution in [0.25, 0.3) is 0 Å². The third kappa shape index (κ3) is 3.87. The molecule has 33 heavy (non-hydrogen) atoms. The van der Waals surface area contributed by atoms with E-state index < -0.39 is 0 Å². The summed E-state index contributed by atoms with van der Waals surface area (Å²) in [5.41, 5.74) is 9.43. The van der Waals surface area contributed by atoms with Crippen molar-refractivity contribution in [2.75, 3.05) is 13.1 Å². The zero-order valence-corrected chi connectivity index (χ0v) is 20.6. The normalized spacial score (nSPS) is 24.3. The summed E-state index contributed by atoms with van der Waals surface area (Å²) in [6.07, 6.45) is 2.95. The summed E-state index contributed by atoms with van der Waals surface area (Å²) >= 11 is 13.7. The summed E-state index contributed by atoms with van der Waals surface area (Å²) in [7, 11) is 0. The Kier molecular flexibility index (Phi) is 5.98. The molecule has 8 heteroatoms. The molecule has 2 atom stereocenters. The number of nitrogens with two attached hydrogens (primary N) is 1.